The fourth-order valence-electron chi connectivity index (χ4n) is 1.52. The lowest BCUT2D eigenvalue weighted by Crippen LogP contribution is -2.11. The monoisotopic (exact) mass is 286 g/mol. The molecule has 0 aliphatic carbocycles. The van der Waals surface area contributed by atoms with Gasteiger partial charge < -0.3 is 9.05 Å². The Balaban J connectivity index is 2.30. The Bertz CT molecular complexity index is 528. The molecule has 18 heavy (non-hydrogen) atoms. The molecule has 5 nitrogen and oxygen atoms in total. The Morgan fingerprint density at radius 2 is 2.11 bits per heavy atom. The van der Waals surface area contributed by atoms with Crippen LogP contribution in [0.4, 0.5) is 0 Å². The van der Waals surface area contributed by atoms with E-state index in [0.29, 0.717) is 18.6 Å². The Labute approximate surface area is 110 Å². The summed E-state index contributed by atoms with van der Waals surface area (Å²) >= 11 is 1.57. The predicted octanol–water partition coefficient (Wildman–Crippen LogP) is 3.03. The number of nitrogens with zero attached hydrogens (tertiary/aromatic N) is 1. The molecule has 98 valence electrons. The summed E-state index contributed by atoms with van der Waals surface area (Å²) in [6, 6.07) is 5.62. The summed E-state index contributed by atoms with van der Waals surface area (Å²) < 4.78 is 23.0. The number of H-pyrrole nitrogens is 1. The van der Waals surface area contributed by atoms with E-state index in [4.69, 9.17) is 9.05 Å². The summed E-state index contributed by atoms with van der Waals surface area (Å²) in [5, 5.41) is 8.86. The maximum absolute atomic E-state index is 12.5. The highest BCUT2D eigenvalue weighted by Gasteiger charge is 2.29. The topological polar surface area (TPSA) is 64.2 Å². The molecule has 0 bridgehead atoms. The van der Waals surface area contributed by atoms with E-state index in [-0.39, 0.29) is 0 Å². The normalized spacial score (nSPS) is 11.9. The third kappa shape index (κ3) is 2.72. The molecule has 2 heterocycles. The first-order chi connectivity index (χ1) is 8.69. The summed E-state index contributed by atoms with van der Waals surface area (Å²) in [6.07, 6.45) is 0. The van der Waals surface area contributed by atoms with Crippen molar-refractivity contribution in [3.05, 3.63) is 23.6 Å². The van der Waals surface area contributed by atoms with Crippen LogP contribution in [0.2, 0.25) is 0 Å². The Kier molecular flexibility index (Phi) is 4.35. The number of rotatable bonds is 6. The second-order valence-electron chi connectivity index (χ2n) is 3.45. The van der Waals surface area contributed by atoms with Gasteiger partial charge in [0, 0.05) is 6.07 Å². The van der Waals surface area contributed by atoms with Gasteiger partial charge in [-0.1, -0.05) is 6.07 Å². The summed E-state index contributed by atoms with van der Waals surface area (Å²) in [4.78, 5) is 1.01. The summed E-state index contributed by atoms with van der Waals surface area (Å²) in [6.45, 7) is 4.21. The van der Waals surface area contributed by atoms with Crippen LogP contribution in [-0.2, 0) is 13.6 Å². The Morgan fingerprint density at radius 3 is 2.67 bits per heavy atom. The van der Waals surface area contributed by atoms with E-state index in [1.807, 2.05) is 17.5 Å². The van der Waals surface area contributed by atoms with Gasteiger partial charge in [0.2, 0.25) is 0 Å². The Hall–Kier alpha value is -0.940. The smallest absolute Gasteiger partial charge is 0.304 e. The SMILES string of the molecule is CCOP(=O)(OCC)c1cc(-c2cccs2)n[nH]1. The lowest BCUT2D eigenvalue weighted by Gasteiger charge is -2.14. The minimum absolute atomic E-state index is 0.324. The number of hydrogen-bond acceptors (Lipinski definition) is 5. The van der Waals surface area contributed by atoms with Gasteiger partial charge in [0.1, 0.15) is 11.1 Å². The number of hydrogen-bond donors (Lipinski definition) is 1. The molecule has 0 unspecified atom stereocenters. The van der Waals surface area contributed by atoms with Crippen LogP contribution in [0.3, 0.4) is 0 Å². The van der Waals surface area contributed by atoms with Crippen LogP contribution in [0, 0.1) is 0 Å². The molecule has 0 aromatic carbocycles. The van der Waals surface area contributed by atoms with Gasteiger partial charge >= 0.3 is 7.60 Å². The average molecular weight is 286 g/mol. The zero-order valence-electron chi connectivity index (χ0n) is 10.3. The summed E-state index contributed by atoms with van der Waals surface area (Å²) in [5.41, 5.74) is 1.15. The van der Waals surface area contributed by atoms with Crippen molar-refractivity contribution in [2.75, 3.05) is 13.2 Å². The van der Waals surface area contributed by atoms with Gasteiger partial charge in [-0.3, -0.25) is 9.66 Å². The van der Waals surface area contributed by atoms with Gasteiger partial charge in [0.25, 0.3) is 0 Å². The lowest BCUT2D eigenvalue weighted by molar-refractivity contribution is 0.229. The molecule has 1 N–H and O–H groups in total. The predicted molar refractivity (Wildman–Crippen MR) is 72.4 cm³/mol. The van der Waals surface area contributed by atoms with Gasteiger partial charge in [0.05, 0.1) is 18.1 Å². The molecular weight excluding hydrogens is 271 g/mol. The molecule has 0 saturated carbocycles. The first-order valence-corrected chi connectivity index (χ1v) is 8.10. The van der Waals surface area contributed by atoms with Crippen LogP contribution in [0.15, 0.2) is 23.6 Å². The van der Waals surface area contributed by atoms with E-state index < -0.39 is 7.60 Å². The molecule has 0 fully saturated rings. The second-order valence-corrected chi connectivity index (χ2v) is 6.39. The maximum atomic E-state index is 12.5. The second kappa shape index (κ2) is 5.80. The highest BCUT2D eigenvalue weighted by molar-refractivity contribution is 7.61. The van der Waals surface area contributed by atoms with E-state index in [2.05, 4.69) is 10.2 Å². The molecule has 2 aromatic rings. The van der Waals surface area contributed by atoms with Crippen LogP contribution in [0.5, 0.6) is 0 Å². The van der Waals surface area contributed by atoms with Gasteiger partial charge in [-0.05, 0) is 25.3 Å². The molecule has 0 aliphatic rings. The van der Waals surface area contributed by atoms with Crippen molar-refractivity contribution in [2.45, 2.75) is 13.8 Å². The van der Waals surface area contributed by atoms with Crippen molar-refractivity contribution < 1.29 is 13.6 Å². The van der Waals surface area contributed by atoms with Crippen molar-refractivity contribution in [1.82, 2.24) is 10.2 Å². The average Bonchev–Trinajstić information content (AvgIpc) is 3.01. The first-order valence-electron chi connectivity index (χ1n) is 5.68. The highest BCUT2D eigenvalue weighted by atomic mass is 32.1. The summed E-state index contributed by atoms with van der Waals surface area (Å²) in [7, 11) is -3.27. The van der Waals surface area contributed by atoms with Gasteiger partial charge in [0.15, 0.2) is 0 Å². The highest BCUT2D eigenvalue weighted by Crippen LogP contribution is 2.46. The van der Waals surface area contributed by atoms with Gasteiger partial charge in [-0.15, -0.1) is 11.3 Å². The number of thiophene rings is 1. The minimum atomic E-state index is -3.27. The molecule has 0 spiro atoms. The van der Waals surface area contributed by atoms with Crippen molar-refractivity contribution >= 4 is 24.4 Å². The van der Waals surface area contributed by atoms with Crippen molar-refractivity contribution in [2.24, 2.45) is 0 Å². The molecule has 0 amide bonds. The van der Waals surface area contributed by atoms with E-state index in [1.54, 1.807) is 31.3 Å². The van der Waals surface area contributed by atoms with E-state index in [0.717, 1.165) is 10.6 Å². The molecule has 0 radical (unpaired) electrons. The first kappa shape index (κ1) is 13.5. The lowest BCUT2D eigenvalue weighted by atomic mass is 10.3. The molecule has 2 aromatic heterocycles. The molecule has 2 rings (SSSR count). The fraction of sp³-hybridized carbons (Fsp3) is 0.364. The largest absolute Gasteiger partial charge is 0.378 e. The number of aromatic nitrogens is 2. The van der Waals surface area contributed by atoms with Crippen molar-refractivity contribution in [3.63, 3.8) is 0 Å². The van der Waals surface area contributed by atoms with Crippen LogP contribution in [-0.4, -0.2) is 23.4 Å². The molecule has 0 atom stereocenters. The summed E-state index contributed by atoms with van der Waals surface area (Å²) in [5.74, 6) is 0. The Morgan fingerprint density at radius 1 is 1.39 bits per heavy atom. The van der Waals surface area contributed by atoms with Crippen molar-refractivity contribution in [1.29, 1.82) is 0 Å². The molecular formula is C11H15N2O3PS. The van der Waals surface area contributed by atoms with Crippen molar-refractivity contribution in [3.8, 4) is 10.6 Å². The fourth-order valence-corrected chi connectivity index (χ4v) is 3.69. The van der Waals surface area contributed by atoms with Crippen LogP contribution in [0.1, 0.15) is 13.8 Å². The third-order valence-corrected chi connectivity index (χ3v) is 5.14. The van der Waals surface area contributed by atoms with Gasteiger partial charge in [-0.25, -0.2) is 0 Å². The molecule has 7 heteroatoms. The third-order valence-electron chi connectivity index (χ3n) is 2.23. The standard InChI is InChI=1S/C11H15N2O3PS/c1-3-15-17(14,16-4-2)11-8-9(12-13-11)10-6-5-7-18-10/h5-8H,3-4H2,1-2H3,(H,12,13). The molecule has 0 saturated heterocycles. The zero-order valence-corrected chi connectivity index (χ0v) is 12.0. The van der Waals surface area contributed by atoms with E-state index in [1.165, 1.54) is 0 Å². The van der Waals surface area contributed by atoms with Gasteiger partial charge in [-0.2, -0.15) is 5.10 Å². The maximum Gasteiger partial charge on any atom is 0.378 e. The zero-order chi connectivity index (χ0) is 13.0. The minimum Gasteiger partial charge on any atom is -0.304 e. The van der Waals surface area contributed by atoms with E-state index in [9.17, 15) is 4.57 Å². The van der Waals surface area contributed by atoms with Crippen LogP contribution >= 0.6 is 18.9 Å². The van der Waals surface area contributed by atoms with Crippen LogP contribution in [0.25, 0.3) is 10.6 Å². The quantitative estimate of drug-likeness (QED) is 0.829. The molecule has 0 aliphatic heterocycles. The number of nitrogens with one attached hydrogen (secondary N) is 1. The number of aromatic amines is 1. The van der Waals surface area contributed by atoms with E-state index >= 15 is 0 Å². The van der Waals surface area contributed by atoms with Crippen LogP contribution < -0.4 is 5.44 Å².